The van der Waals surface area contributed by atoms with Crippen LogP contribution < -0.4 is 5.32 Å². The smallest absolute Gasteiger partial charge is 0.325 e. The summed E-state index contributed by atoms with van der Waals surface area (Å²) in [6.07, 6.45) is 0. The second kappa shape index (κ2) is 8.34. The molecule has 7 heteroatoms. The van der Waals surface area contributed by atoms with E-state index in [1.54, 1.807) is 42.5 Å². The molecule has 23 heavy (non-hydrogen) atoms. The van der Waals surface area contributed by atoms with Crippen LogP contribution in [0.15, 0.2) is 46.9 Å². The highest BCUT2D eigenvalue weighted by Gasteiger charge is 2.09. The van der Waals surface area contributed by atoms with Crippen molar-refractivity contribution in [3.63, 3.8) is 0 Å². The number of hydrogen-bond acceptors (Lipinski definition) is 3. The van der Waals surface area contributed by atoms with Crippen molar-refractivity contribution in [1.29, 1.82) is 0 Å². The Bertz CT molecular complexity index is 720. The van der Waals surface area contributed by atoms with Gasteiger partial charge in [-0.05, 0) is 42.0 Å². The molecule has 2 aromatic carbocycles. The topological polar surface area (TPSA) is 55.4 Å². The largest absolute Gasteiger partial charge is 0.460 e. The Kier molecular flexibility index (Phi) is 6.45. The minimum Gasteiger partial charge on any atom is -0.460 e. The Hall–Kier alpha value is -1.56. The van der Waals surface area contributed by atoms with Gasteiger partial charge in [0.25, 0.3) is 5.91 Å². The molecular weight excluding hydrogens is 405 g/mol. The molecule has 0 bridgehead atoms. The van der Waals surface area contributed by atoms with E-state index >= 15 is 0 Å². The van der Waals surface area contributed by atoms with Gasteiger partial charge in [-0.3, -0.25) is 9.59 Å². The first kappa shape index (κ1) is 17.8. The predicted octanol–water partition coefficient (Wildman–Crippen LogP) is 4.23. The summed E-state index contributed by atoms with van der Waals surface area (Å²) >= 11 is 15.0. The van der Waals surface area contributed by atoms with Gasteiger partial charge in [0.05, 0.1) is 10.0 Å². The van der Waals surface area contributed by atoms with Gasteiger partial charge in [-0.1, -0.05) is 45.2 Å². The fourth-order valence-electron chi connectivity index (χ4n) is 1.70. The Morgan fingerprint density at radius 1 is 1.04 bits per heavy atom. The van der Waals surface area contributed by atoms with E-state index in [4.69, 9.17) is 27.9 Å². The number of carbonyl (C=O) groups excluding carboxylic acids is 2. The van der Waals surface area contributed by atoms with Gasteiger partial charge in [-0.25, -0.2) is 0 Å². The number of ether oxygens (including phenoxy) is 1. The third kappa shape index (κ3) is 5.53. The van der Waals surface area contributed by atoms with Crippen molar-refractivity contribution >= 4 is 51.0 Å². The third-order valence-corrected chi connectivity index (χ3v) is 4.15. The lowest BCUT2D eigenvalue weighted by molar-refractivity contribution is -0.143. The van der Waals surface area contributed by atoms with Gasteiger partial charge < -0.3 is 10.1 Å². The van der Waals surface area contributed by atoms with Crippen LogP contribution in [-0.2, 0) is 16.1 Å². The molecule has 0 aromatic heterocycles. The summed E-state index contributed by atoms with van der Waals surface area (Å²) in [5.74, 6) is -0.884. The number of carbonyl (C=O) groups is 2. The second-order valence-electron chi connectivity index (χ2n) is 4.60. The summed E-state index contributed by atoms with van der Waals surface area (Å²) in [5, 5.41) is 3.33. The zero-order valence-electron chi connectivity index (χ0n) is 11.8. The van der Waals surface area contributed by atoms with E-state index < -0.39 is 5.97 Å². The van der Waals surface area contributed by atoms with Gasteiger partial charge in [0.15, 0.2) is 0 Å². The SMILES string of the molecule is O=C(CNC(=O)c1ccc(Br)cc1)OCc1ccc(Cl)c(Cl)c1. The quantitative estimate of drug-likeness (QED) is 0.742. The Morgan fingerprint density at radius 2 is 1.74 bits per heavy atom. The van der Waals surface area contributed by atoms with Gasteiger partial charge in [0.1, 0.15) is 13.2 Å². The lowest BCUT2D eigenvalue weighted by Crippen LogP contribution is -2.30. The predicted molar refractivity (Wildman–Crippen MR) is 92.7 cm³/mol. The van der Waals surface area contributed by atoms with Gasteiger partial charge in [-0.2, -0.15) is 0 Å². The van der Waals surface area contributed by atoms with E-state index in [9.17, 15) is 9.59 Å². The van der Waals surface area contributed by atoms with Crippen molar-refractivity contribution in [3.8, 4) is 0 Å². The Balaban J connectivity index is 1.79. The van der Waals surface area contributed by atoms with E-state index in [0.29, 0.717) is 21.2 Å². The molecule has 120 valence electrons. The molecule has 1 amide bonds. The molecule has 0 saturated carbocycles. The molecular formula is C16H12BrCl2NO3. The summed E-state index contributed by atoms with van der Waals surface area (Å²) in [6, 6.07) is 11.8. The normalized spacial score (nSPS) is 10.2. The van der Waals surface area contributed by atoms with E-state index in [1.807, 2.05) is 0 Å². The first-order chi connectivity index (χ1) is 11.0. The third-order valence-electron chi connectivity index (χ3n) is 2.88. The molecule has 0 aliphatic rings. The molecule has 0 aliphatic heterocycles. The summed E-state index contributed by atoms with van der Waals surface area (Å²) in [7, 11) is 0. The Morgan fingerprint density at radius 3 is 2.39 bits per heavy atom. The highest BCUT2D eigenvalue weighted by molar-refractivity contribution is 9.10. The minimum absolute atomic E-state index is 0.0594. The molecule has 0 radical (unpaired) electrons. The zero-order valence-corrected chi connectivity index (χ0v) is 14.9. The number of benzene rings is 2. The number of halogens is 3. The van der Waals surface area contributed by atoms with Crippen LogP contribution in [0.4, 0.5) is 0 Å². The second-order valence-corrected chi connectivity index (χ2v) is 6.33. The van der Waals surface area contributed by atoms with Crippen LogP contribution in [-0.4, -0.2) is 18.4 Å². The number of hydrogen-bond donors (Lipinski definition) is 1. The fraction of sp³-hybridized carbons (Fsp3) is 0.125. The molecule has 0 spiro atoms. The minimum atomic E-state index is -0.540. The van der Waals surface area contributed by atoms with Crippen LogP contribution in [0.25, 0.3) is 0 Å². The van der Waals surface area contributed by atoms with Gasteiger partial charge >= 0.3 is 5.97 Å². The van der Waals surface area contributed by atoms with Crippen molar-refractivity contribution in [2.45, 2.75) is 6.61 Å². The van der Waals surface area contributed by atoms with E-state index in [1.165, 1.54) is 0 Å². The maximum Gasteiger partial charge on any atom is 0.325 e. The van der Waals surface area contributed by atoms with Crippen LogP contribution in [0.1, 0.15) is 15.9 Å². The molecule has 2 aromatic rings. The van der Waals surface area contributed by atoms with E-state index in [2.05, 4.69) is 21.2 Å². The highest BCUT2D eigenvalue weighted by atomic mass is 79.9. The van der Waals surface area contributed by atoms with Crippen LogP contribution in [0, 0.1) is 0 Å². The average Bonchev–Trinajstić information content (AvgIpc) is 2.54. The monoisotopic (exact) mass is 415 g/mol. The van der Waals surface area contributed by atoms with Crippen molar-refractivity contribution in [1.82, 2.24) is 5.32 Å². The fourth-order valence-corrected chi connectivity index (χ4v) is 2.29. The molecule has 0 heterocycles. The van der Waals surface area contributed by atoms with Crippen LogP contribution >= 0.6 is 39.1 Å². The van der Waals surface area contributed by atoms with E-state index in [-0.39, 0.29) is 19.1 Å². The number of esters is 1. The molecule has 0 atom stereocenters. The first-order valence-electron chi connectivity index (χ1n) is 6.59. The van der Waals surface area contributed by atoms with Crippen molar-refractivity contribution < 1.29 is 14.3 Å². The molecule has 4 nitrogen and oxygen atoms in total. The number of nitrogens with one attached hydrogen (secondary N) is 1. The zero-order chi connectivity index (χ0) is 16.8. The van der Waals surface area contributed by atoms with Crippen molar-refractivity contribution in [3.05, 3.63) is 68.1 Å². The first-order valence-corrected chi connectivity index (χ1v) is 8.14. The molecule has 0 saturated heterocycles. The van der Waals surface area contributed by atoms with Crippen molar-refractivity contribution in [2.24, 2.45) is 0 Å². The molecule has 0 unspecified atom stereocenters. The number of rotatable bonds is 5. The van der Waals surface area contributed by atoms with Gasteiger partial charge in [0, 0.05) is 10.0 Å². The molecule has 1 N–H and O–H groups in total. The number of amides is 1. The lowest BCUT2D eigenvalue weighted by Gasteiger charge is -2.07. The maximum atomic E-state index is 11.9. The molecule has 0 fully saturated rings. The Labute approximate surface area is 151 Å². The van der Waals surface area contributed by atoms with Crippen LogP contribution in [0.3, 0.4) is 0 Å². The summed E-state index contributed by atoms with van der Waals surface area (Å²) in [4.78, 5) is 23.5. The standard InChI is InChI=1S/C16H12BrCl2NO3/c17-12-4-2-11(3-5-12)16(22)20-8-15(21)23-9-10-1-6-13(18)14(19)7-10/h1-7H,8-9H2,(H,20,22). The molecule has 0 aliphatic carbocycles. The van der Waals surface area contributed by atoms with Crippen molar-refractivity contribution in [2.75, 3.05) is 6.54 Å². The van der Waals surface area contributed by atoms with Crippen LogP contribution in [0.2, 0.25) is 10.0 Å². The summed E-state index contributed by atoms with van der Waals surface area (Å²) in [6.45, 7) is -0.153. The van der Waals surface area contributed by atoms with Gasteiger partial charge in [-0.15, -0.1) is 0 Å². The summed E-state index contributed by atoms with van der Waals surface area (Å²) in [5.41, 5.74) is 1.18. The van der Waals surface area contributed by atoms with E-state index in [0.717, 1.165) is 4.47 Å². The van der Waals surface area contributed by atoms with Crippen LogP contribution in [0.5, 0.6) is 0 Å². The highest BCUT2D eigenvalue weighted by Crippen LogP contribution is 2.22. The molecule has 2 rings (SSSR count). The summed E-state index contributed by atoms with van der Waals surface area (Å²) < 4.78 is 5.94. The van der Waals surface area contributed by atoms with Gasteiger partial charge in [0.2, 0.25) is 0 Å². The maximum absolute atomic E-state index is 11.9. The lowest BCUT2D eigenvalue weighted by atomic mass is 10.2. The average molecular weight is 417 g/mol.